The molecule has 0 aliphatic carbocycles. The molecule has 3 nitrogen and oxygen atoms in total. The van der Waals surface area contributed by atoms with E-state index in [1.54, 1.807) is 24.3 Å². The average Bonchev–Trinajstić information content (AvgIpc) is 2.27. The van der Waals surface area contributed by atoms with Crippen molar-refractivity contribution in [2.75, 3.05) is 18.1 Å². The first-order valence-corrected chi connectivity index (χ1v) is 4.51. The minimum Gasteiger partial charge on any atom is -0.490 e. The number of benzene rings is 1. The fraction of sp³-hybridized carbons (Fsp3) is 0.300. The van der Waals surface area contributed by atoms with Crippen LogP contribution in [0.1, 0.15) is 0 Å². The van der Waals surface area contributed by atoms with Crippen LogP contribution in [0.15, 0.2) is 24.3 Å². The first kappa shape index (κ1) is 9.89. The molecule has 1 aromatic rings. The molecule has 0 bridgehead atoms. The number of carbonyl (C=O) groups is 1. The Bertz CT molecular complexity index is 381. The van der Waals surface area contributed by atoms with E-state index in [1.807, 2.05) is 0 Å². The van der Waals surface area contributed by atoms with E-state index in [4.69, 9.17) is 4.74 Å². The lowest BCUT2D eigenvalue weighted by Crippen LogP contribution is -2.41. The lowest BCUT2D eigenvalue weighted by Gasteiger charge is -2.29. The van der Waals surface area contributed by atoms with Crippen LogP contribution >= 0.6 is 0 Å². The smallest absolute Gasteiger partial charge is 0.316 e. The molecule has 2 rings (SSSR count). The van der Waals surface area contributed by atoms with Crippen LogP contribution in [0.3, 0.4) is 0 Å². The number of nitrogens with zero attached hydrogens (tertiary/aromatic N) is 1. The second-order valence-electron chi connectivity index (χ2n) is 3.11. The summed E-state index contributed by atoms with van der Waals surface area (Å²) in [7, 11) is 0. The highest BCUT2D eigenvalue weighted by atomic mass is 19.3. The van der Waals surface area contributed by atoms with Crippen molar-refractivity contribution in [3.05, 3.63) is 24.3 Å². The number of anilines is 1. The van der Waals surface area contributed by atoms with E-state index in [2.05, 4.69) is 0 Å². The van der Waals surface area contributed by atoms with Crippen molar-refractivity contribution in [3.8, 4) is 5.75 Å². The van der Waals surface area contributed by atoms with E-state index in [-0.39, 0.29) is 13.2 Å². The molecule has 15 heavy (non-hydrogen) atoms. The van der Waals surface area contributed by atoms with Gasteiger partial charge in [0.15, 0.2) is 0 Å². The van der Waals surface area contributed by atoms with Crippen LogP contribution in [0.5, 0.6) is 5.75 Å². The molecule has 0 spiro atoms. The molecule has 0 unspecified atom stereocenters. The monoisotopic (exact) mass is 213 g/mol. The number of amides is 1. The predicted octanol–water partition coefficient (Wildman–Crippen LogP) is 1.68. The van der Waals surface area contributed by atoms with E-state index >= 15 is 0 Å². The largest absolute Gasteiger partial charge is 0.490 e. The number of ether oxygens (including phenoxy) is 1. The molecule has 1 aliphatic heterocycles. The van der Waals surface area contributed by atoms with Crippen molar-refractivity contribution in [3.63, 3.8) is 0 Å². The van der Waals surface area contributed by atoms with Crippen LogP contribution < -0.4 is 9.64 Å². The van der Waals surface area contributed by atoms with E-state index in [0.717, 1.165) is 4.90 Å². The summed E-state index contributed by atoms with van der Waals surface area (Å²) in [5, 5.41) is 0. The van der Waals surface area contributed by atoms with Gasteiger partial charge in [0, 0.05) is 0 Å². The molecule has 0 saturated heterocycles. The van der Waals surface area contributed by atoms with Gasteiger partial charge in [-0.2, -0.15) is 8.78 Å². The highest BCUT2D eigenvalue weighted by molar-refractivity contribution is 5.97. The van der Waals surface area contributed by atoms with E-state index in [0.29, 0.717) is 11.4 Å². The number of fused-ring (bicyclic) bond motifs is 1. The fourth-order valence-electron chi connectivity index (χ4n) is 1.52. The van der Waals surface area contributed by atoms with Gasteiger partial charge < -0.3 is 9.64 Å². The van der Waals surface area contributed by atoms with Gasteiger partial charge in [-0.05, 0) is 12.1 Å². The minimum atomic E-state index is -2.98. The Morgan fingerprint density at radius 2 is 2.13 bits per heavy atom. The van der Waals surface area contributed by atoms with Crippen molar-refractivity contribution in [1.29, 1.82) is 0 Å². The maximum Gasteiger partial charge on any atom is 0.316 e. The molecule has 1 aliphatic rings. The molecule has 0 N–H and O–H groups in total. The Hall–Kier alpha value is -1.65. The van der Waals surface area contributed by atoms with Gasteiger partial charge in [0.05, 0.1) is 12.2 Å². The number of para-hydroxylation sites is 2. The Kier molecular flexibility index (Phi) is 2.53. The highest BCUT2D eigenvalue weighted by Gasteiger charge is 2.28. The predicted molar refractivity (Wildman–Crippen MR) is 50.3 cm³/mol. The first-order valence-electron chi connectivity index (χ1n) is 4.51. The molecule has 0 saturated carbocycles. The number of rotatable bonds is 1. The number of hydrogen-bond acceptors (Lipinski definition) is 2. The third kappa shape index (κ3) is 1.77. The van der Waals surface area contributed by atoms with Gasteiger partial charge in [-0.3, -0.25) is 4.79 Å². The molecule has 0 fully saturated rings. The fourth-order valence-corrected chi connectivity index (χ4v) is 1.52. The average molecular weight is 213 g/mol. The van der Waals surface area contributed by atoms with Gasteiger partial charge in [-0.15, -0.1) is 0 Å². The second-order valence-corrected chi connectivity index (χ2v) is 3.11. The van der Waals surface area contributed by atoms with Gasteiger partial charge in [-0.25, -0.2) is 0 Å². The Balaban J connectivity index is 2.34. The van der Waals surface area contributed by atoms with Gasteiger partial charge >= 0.3 is 6.43 Å². The molecule has 0 aromatic heterocycles. The van der Waals surface area contributed by atoms with Gasteiger partial charge in [0.1, 0.15) is 12.4 Å². The zero-order valence-electron chi connectivity index (χ0n) is 7.82. The molecule has 5 heteroatoms. The highest BCUT2D eigenvalue weighted by Crippen LogP contribution is 2.31. The molecule has 1 heterocycles. The quantitative estimate of drug-likeness (QED) is 0.710. The van der Waals surface area contributed by atoms with Gasteiger partial charge in [-0.1, -0.05) is 12.1 Å². The van der Waals surface area contributed by atoms with Crippen LogP contribution in [-0.2, 0) is 4.79 Å². The van der Waals surface area contributed by atoms with Crippen molar-refractivity contribution in [1.82, 2.24) is 0 Å². The first-order chi connectivity index (χ1) is 7.20. The van der Waals surface area contributed by atoms with Gasteiger partial charge in [0.25, 0.3) is 5.91 Å². The van der Waals surface area contributed by atoms with E-state index < -0.39 is 12.3 Å². The lowest BCUT2D eigenvalue weighted by atomic mass is 10.2. The maximum atomic E-state index is 12.3. The summed E-state index contributed by atoms with van der Waals surface area (Å²) in [4.78, 5) is 12.2. The van der Waals surface area contributed by atoms with Crippen LogP contribution in [0, 0.1) is 0 Å². The van der Waals surface area contributed by atoms with E-state index in [1.165, 1.54) is 0 Å². The normalized spacial score (nSPS) is 14.7. The Morgan fingerprint density at radius 3 is 2.87 bits per heavy atom. The Labute approximate surface area is 85.3 Å². The summed E-state index contributed by atoms with van der Waals surface area (Å²) in [5.41, 5.74) is 0.411. The summed E-state index contributed by atoms with van der Waals surface area (Å²) in [6.45, 7) is 0.412. The number of halogens is 2. The summed E-state index contributed by atoms with van der Waals surface area (Å²) >= 11 is 0. The Morgan fingerprint density at radius 1 is 1.40 bits per heavy atom. The van der Waals surface area contributed by atoms with E-state index in [9.17, 15) is 13.6 Å². The van der Waals surface area contributed by atoms with Crippen LogP contribution in [0.25, 0.3) is 0 Å². The van der Waals surface area contributed by atoms with Crippen LogP contribution in [0.4, 0.5) is 14.5 Å². The third-order valence-electron chi connectivity index (χ3n) is 2.18. The lowest BCUT2D eigenvalue weighted by molar-refractivity contribution is -0.129. The molecule has 0 radical (unpaired) electrons. The number of hydrogen-bond donors (Lipinski definition) is 0. The summed E-state index contributed by atoms with van der Waals surface area (Å²) in [6, 6.07) is 6.66. The number of alkyl halides is 2. The summed E-state index contributed by atoms with van der Waals surface area (Å²) in [6.07, 6.45) is -2.98. The molecule has 80 valence electrons. The standard InChI is InChI=1S/C10H9F2NO2/c11-9(12)10(14)13-5-6-15-8-4-2-1-3-7(8)13/h1-4,9H,5-6H2. The number of carbonyl (C=O) groups excluding carboxylic acids is 1. The zero-order valence-corrected chi connectivity index (χ0v) is 7.82. The molecule has 1 amide bonds. The third-order valence-corrected chi connectivity index (χ3v) is 2.18. The zero-order chi connectivity index (χ0) is 10.8. The van der Waals surface area contributed by atoms with Crippen LogP contribution in [-0.4, -0.2) is 25.5 Å². The molecular formula is C10H9F2NO2. The maximum absolute atomic E-state index is 12.3. The topological polar surface area (TPSA) is 29.5 Å². The minimum absolute atomic E-state index is 0.167. The molecular weight excluding hydrogens is 204 g/mol. The van der Waals surface area contributed by atoms with Crippen molar-refractivity contribution >= 4 is 11.6 Å². The van der Waals surface area contributed by atoms with Gasteiger partial charge in [0.2, 0.25) is 0 Å². The molecule has 0 atom stereocenters. The summed E-state index contributed by atoms with van der Waals surface area (Å²) < 4.78 is 29.8. The molecule has 1 aromatic carbocycles. The van der Waals surface area contributed by atoms with Crippen molar-refractivity contribution < 1.29 is 18.3 Å². The SMILES string of the molecule is O=C(C(F)F)N1CCOc2ccccc21. The summed E-state index contributed by atoms with van der Waals surface area (Å²) in [5.74, 6) is -0.705. The van der Waals surface area contributed by atoms with Crippen LogP contribution in [0.2, 0.25) is 0 Å². The van der Waals surface area contributed by atoms with Crippen molar-refractivity contribution in [2.45, 2.75) is 6.43 Å². The second kappa shape index (κ2) is 3.84. The van der Waals surface area contributed by atoms with Crippen molar-refractivity contribution in [2.24, 2.45) is 0 Å².